The molecule has 0 saturated carbocycles. The van der Waals surface area contributed by atoms with Crippen molar-refractivity contribution in [3.05, 3.63) is 45.7 Å². The first-order valence-corrected chi connectivity index (χ1v) is 6.02. The van der Waals surface area contributed by atoms with Gasteiger partial charge in [0.2, 0.25) is 0 Å². The van der Waals surface area contributed by atoms with Gasteiger partial charge in [-0.15, -0.1) is 0 Å². The first kappa shape index (κ1) is 11.6. The molecule has 0 bridgehead atoms. The lowest BCUT2D eigenvalue weighted by atomic mass is 10.2. The van der Waals surface area contributed by atoms with Crippen molar-refractivity contribution in [2.45, 2.75) is 6.54 Å². The minimum atomic E-state index is 0.715. The van der Waals surface area contributed by atoms with E-state index in [1.165, 1.54) is 0 Å². The predicted molar refractivity (Wildman–Crippen MR) is 69.0 cm³/mol. The molecule has 2 aromatic rings. The molecular weight excluding hydrogens is 289 g/mol. The van der Waals surface area contributed by atoms with Crippen LogP contribution in [0, 0.1) is 0 Å². The molecule has 1 aromatic heterocycles. The SMILES string of the molecule is CNCc1c(Cl)cccc1-n1cc(Br)cn1. The highest BCUT2D eigenvalue weighted by Gasteiger charge is 2.08. The van der Waals surface area contributed by atoms with E-state index in [1.54, 1.807) is 6.20 Å². The summed E-state index contributed by atoms with van der Waals surface area (Å²) < 4.78 is 2.76. The fourth-order valence-electron chi connectivity index (χ4n) is 1.55. The van der Waals surface area contributed by atoms with E-state index >= 15 is 0 Å². The molecule has 16 heavy (non-hydrogen) atoms. The Morgan fingerprint density at radius 1 is 1.50 bits per heavy atom. The van der Waals surface area contributed by atoms with Gasteiger partial charge in [0.25, 0.3) is 0 Å². The van der Waals surface area contributed by atoms with Crippen LogP contribution in [-0.2, 0) is 6.54 Å². The summed E-state index contributed by atoms with van der Waals surface area (Å²) in [6.07, 6.45) is 3.66. The smallest absolute Gasteiger partial charge is 0.0705 e. The van der Waals surface area contributed by atoms with Crippen molar-refractivity contribution in [2.75, 3.05) is 7.05 Å². The van der Waals surface area contributed by atoms with Gasteiger partial charge < -0.3 is 5.32 Å². The van der Waals surface area contributed by atoms with Gasteiger partial charge in [0.05, 0.1) is 16.4 Å². The molecule has 5 heteroatoms. The van der Waals surface area contributed by atoms with Crippen molar-refractivity contribution in [3.8, 4) is 5.69 Å². The molecule has 0 amide bonds. The average molecular weight is 301 g/mol. The van der Waals surface area contributed by atoms with Gasteiger partial charge >= 0.3 is 0 Å². The lowest BCUT2D eigenvalue weighted by Crippen LogP contribution is -2.10. The molecule has 3 nitrogen and oxygen atoms in total. The molecule has 0 spiro atoms. The molecule has 1 heterocycles. The predicted octanol–water partition coefficient (Wildman–Crippen LogP) is 3.01. The monoisotopic (exact) mass is 299 g/mol. The Bertz CT molecular complexity index is 496. The molecule has 84 valence electrons. The first-order chi connectivity index (χ1) is 7.72. The molecule has 0 unspecified atom stereocenters. The normalized spacial score (nSPS) is 10.7. The summed E-state index contributed by atoms with van der Waals surface area (Å²) in [6.45, 7) is 0.715. The van der Waals surface area contributed by atoms with Crippen LogP contribution in [0.25, 0.3) is 5.69 Å². The molecule has 0 aliphatic carbocycles. The number of nitrogens with zero attached hydrogens (tertiary/aromatic N) is 2. The Hall–Kier alpha value is -0.840. The van der Waals surface area contributed by atoms with E-state index in [0.29, 0.717) is 6.54 Å². The molecule has 0 aliphatic rings. The van der Waals surface area contributed by atoms with Crippen LogP contribution in [0.3, 0.4) is 0 Å². The van der Waals surface area contributed by atoms with Crippen LogP contribution in [0.15, 0.2) is 35.1 Å². The van der Waals surface area contributed by atoms with Crippen LogP contribution >= 0.6 is 27.5 Å². The van der Waals surface area contributed by atoms with Gasteiger partial charge in [-0.25, -0.2) is 4.68 Å². The number of halogens is 2. The Kier molecular flexibility index (Phi) is 3.63. The zero-order chi connectivity index (χ0) is 11.5. The average Bonchev–Trinajstić information content (AvgIpc) is 2.68. The summed E-state index contributed by atoms with van der Waals surface area (Å²) in [5.41, 5.74) is 2.04. The molecule has 0 fully saturated rings. The van der Waals surface area contributed by atoms with Gasteiger partial charge in [-0.05, 0) is 35.1 Å². The fourth-order valence-corrected chi connectivity index (χ4v) is 2.07. The second-order valence-electron chi connectivity index (χ2n) is 3.37. The van der Waals surface area contributed by atoms with Crippen LogP contribution in [-0.4, -0.2) is 16.8 Å². The Labute approximate surface area is 108 Å². The molecule has 1 aromatic carbocycles. The molecular formula is C11H11BrClN3. The number of nitrogens with one attached hydrogen (secondary N) is 1. The van der Waals surface area contributed by atoms with E-state index in [4.69, 9.17) is 11.6 Å². The van der Waals surface area contributed by atoms with Crippen molar-refractivity contribution in [3.63, 3.8) is 0 Å². The molecule has 0 aliphatic heterocycles. The van der Waals surface area contributed by atoms with Crippen LogP contribution < -0.4 is 5.32 Å². The maximum Gasteiger partial charge on any atom is 0.0705 e. The Morgan fingerprint density at radius 3 is 2.94 bits per heavy atom. The minimum Gasteiger partial charge on any atom is -0.316 e. The van der Waals surface area contributed by atoms with E-state index in [2.05, 4.69) is 26.3 Å². The number of hydrogen-bond acceptors (Lipinski definition) is 2. The van der Waals surface area contributed by atoms with Crippen molar-refractivity contribution in [2.24, 2.45) is 0 Å². The van der Waals surface area contributed by atoms with Gasteiger partial charge in [-0.3, -0.25) is 0 Å². The summed E-state index contributed by atoms with van der Waals surface area (Å²) in [6, 6.07) is 5.81. The van der Waals surface area contributed by atoms with Gasteiger partial charge in [0.1, 0.15) is 0 Å². The summed E-state index contributed by atoms with van der Waals surface area (Å²) in [5, 5.41) is 8.11. The highest BCUT2D eigenvalue weighted by molar-refractivity contribution is 9.10. The Morgan fingerprint density at radius 2 is 2.31 bits per heavy atom. The molecule has 0 radical (unpaired) electrons. The fraction of sp³-hybridized carbons (Fsp3) is 0.182. The van der Waals surface area contributed by atoms with E-state index in [9.17, 15) is 0 Å². The molecule has 0 saturated heterocycles. The maximum atomic E-state index is 6.17. The zero-order valence-electron chi connectivity index (χ0n) is 8.74. The molecule has 0 atom stereocenters. The second kappa shape index (κ2) is 4.99. The lowest BCUT2D eigenvalue weighted by Gasteiger charge is -2.10. The summed E-state index contributed by atoms with van der Waals surface area (Å²) >= 11 is 9.55. The Balaban J connectivity index is 2.51. The minimum absolute atomic E-state index is 0.715. The van der Waals surface area contributed by atoms with Gasteiger partial charge in [-0.1, -0.05) is 17.7 Å². The van der Waals surface area contributed by atoms with Crippen LogP contribution in [0.5, 0.6) is 0 Å². The third kappa shape index (κ3) is 2.29. The largest absolute Gasteiger partial charge is 0.316 e. The standard InChI is InChI=1S/C11H11BrClN3/c1-14-6-9-10(13)3-2-4-11(9)16-7-8(12)5-15-16/h2-5,7,14H,6H2,1H3. The summed E-state index contributed by atoms with van der Waals surface area (Å²) in [4.78, 5) is 0. The number of rotatable bonds is 3. The van der Waals surface area contributed by atoms with Crippen molar-refractivity contribution >= 4 is 27.5 Å². The van der Waals surface area contributed by atoms with Crippen molar-refractivity contribution < 1.29 is 0 Å². The van der Waals surface area contributed by atoms with E-state index < -0.39 is 0 Å². The zero-order valence-corrected chi connectivity index (χ0v) is 11.1. The maximum absolute atomic E-state index is 6.17. The molecule has 1 N–H and O–H groups in total. The first-order valence-electron chi connectivity index (χ1n) is 4.85. The van der Waals surface area contributed by atoms with Gasteiger partial charge in [-0.2, -0.15) is 5.10 Å². The lowest BCUT2D eigenvalue weighted by molar-refractivity contribution is 0.789. The number of aromatic nitrogens is 2. The van der Waals surface area contributed by atoms with Crippen LogP contribution in [0.4, 0.5) is 0 Å². The number of benzene rings is 1. The summed E-state index contributed by atoms with van der Waals surface area (Å²) in [5.74, 6) is 0. The highest BCUT2D eigenvalue weighted by atomic mass is 79.9. The molecule has 2 rings (SSSR count). The van der Waals surface area contributed by atoms with E-state index in [0.717, 1.165) is 20.7 Å². The van der Waals surface area contributed by atoms with E-state index in [1.807, 2.05) is 36.1 Å². The van der Waals surface area contributed by atoms with E-state index in [-0.39, 0.29) is 0 Å². The van der Waals surface area contributed by atoms with Crippen LogP contribution in [0.1, 0.15) is 5.56 Å². The number of hydrogen-bond donors (Lipinski definition) is 1. The van der Waals surface area contributed by atoms with Gasteiger partial charge in [0.15, 0.2) is 0 Å². The highest BCUT2D eigenvalue weighted by Crippen LogP contribution is 2.23. The third-order valence-corrected chi connectivity index (χ3v) is 3.01. The quantitative estimate of drug-likeness (QED) is 0.944. The third-order valence-electron chi connectivity index (χ3n) is 2.25. The topological polar surface area (TPSA) is 29.9 Å². The van der Waals surface area contributed by atoms with Gasteiger partial charge in [0, 0.05) is 23.3 Å². The van der Waals surface area contributed by atoms with Crippen molar-refractivity contribution in [1.82, 2.24) is 15.1 Å². The van der Waals surface area contributed by atoms with Crippen molar-refractivity contribution in [1.29, 1.82) is 0 Å². The summed E-state index contributed by atoms with van der Waals surface area (Å²) in [7, 11) is 1.89. The second-order valence-corrected chi connectivity index (χ2v) is 4.69. The van der Waals surface area contributed by atoms with Crippen LogP contribution in [0.2, 0.25) is 5.02 Å².